The largest absolute Gasteiger partial charge is 0.492 e. The number of non-ortho nitro benzene ring substituents is 1. The topological polar surface area (TPSA) is 119 Å². The summed E-state index contributed by atoms with van der Waals surface area (Å²) >= 11 is 0. The number of amides is 1. The fourth-order valence-corrected chi connectivity index (χ4v) is 4.74. The van der Waals surface area contributed by atoms with Gasteiger partial charge in [-0.3, -0.25) is 14.9 Å². The van der Waals surface area contributed by atoms with E-state index in [9.17, 15) is 23.3 Å². The van der Waals surface area contributed by atoms with Gasteiger partial charge in [0.25, 0.3) is 11.6 Å². The highest BCUT2D eigenvalue weighted by atomic mass is 32.2. The molecular formula is C19H21N3O6S. The number of rotatable bonds is 7. The molecule has 0 bridgehead atoms. The maximum Gasteiger partial charge on any atom is 0.269 e. The zero-order chi connectivity index (χ0) is 21.0. The molecule has 9 nitrogen and oxygen atoms in total. The second kappa shape index (κ2) is 8.58. The highest BCUT2D eigenvalue weighted by molar-refractivity contribution is 7.89. The molecule has 0 radical (unpaired) electrons. The van der Waals surface area contributed by atoms with Crippen LogP contribution in [-0.2, 0) is 10.0 Å². The Balaban J connectivity index is 1.88. The van der Waals surface area contributed by atoms with Gasteiger partial charge in [0.15, 0.2) is 0 Å². The maximum absolute atomic E-state index is 13.0. The van der Waals surface area contributed by atoms with Crippen molar-refractivity contribution in [2.45, 2.75) is 24.7 Å². The van der Waals surface area contributed by atoms with Crippen molar-refractivity contribution in [3.63, 3.8) is 0 Å². The van der Waals surface area contributed by atoms with Gasteiger partial charge >= 0.3 is 0 Å². The second-order valence-electron chi connectivity index (χ2n) is 6.46. The van der Waals surface area contributed by atoms with Crippen molar-refractivity contribution in [1.29, 1.82) is 0 Å². The molecular weight excluding hydrogens is 398 g/mol. The standard InChI is InChI=1S/C19H21N3O6S/c1-2-28-17-10-7-15(13-18(17)29(26,27)21-11-3-4-12-21)20-19(23)14-5-8-16(9-6-14)22(24)25/h5-10,13H,2-4,11-12H2,1H3,(H,20,23). The molecule has 0 aromatic heterocycles. The number of carbonyl (C=O) groups is 1. The van der Waals surface area contributed by atoms with E-state index >= 15 is 0 Å². The predicted octanol–water partition coefficient (Wildman–Crippen LogP) is 3.03. The summed E-state index contributed by atoms with van der Waals surface area (Å²) in [5.74, 6) is -0.277. The molecule has 0 saturated carbocycles. The maximum atomic E-state index is 13.0. The third kappa shape index (κ3) is 4.54. The van der Waals surface area contributed by atoms with Crippen LogP contribution in [0.3, 0.4) is 0 Å². The van der Waals surface area contributed by atoms with E-state index in [1.165, 1.54) is 40.7 Å². The first-order valence-electron chi connectivity index (χ1n) is 9.15. The van der Waals surface area contributed by atoms with Gasteiger partial charge in [0.1, 0.15) is 10.6 Å². The fourth-order valence-electron chi connectivity index (χ4n) is 3.07. The average molecular weight is 419 g/mol. The molecule has 0 unspecified atom stereocenters. The van der Waals surface area contributed by atoms with Gasteiger partial charge in [-0.05, 0) is 50.1 Å². The quantitative estimate of drug-likeness (QED) is 0.544. The predicted molar refractivity (Wildman–Crippen MR) is 107 cm³/mol. The van der Waals surface area contributed by atoms with Crippen LogP contribution in [0.5, 0.6) is 5.75 Å². The lowest BCUT2D eigenvalue weighted by Gasteiger charge is -2.19. The molecule has 1 N–H and O–H groups in total. The lowest BCUT2D eigenvalue weighted by molar-refractivity contribution is -0.384. The summed E-state index contributed by atoms with van der Waals surface area (Å²) in [6.07, 6.45) is 1.61. The summed E-state index contributed by atoms with van der Waals surface area (Å²) in [4.78, 5) is 22.6. The van der Waals surface area contributed by atoms with Crippen molar-refractivity contribution in [2.24, 2.45) is 0 Å². The van der Waals surface area contributed by atoms with Gasteiger partial charge < -0.3 is 10.1 Å². The number of ether oxygens (including phenoxy) is 1. The molecule has 1 heterocycles. The average Bonchev–Trinajstić information content (AvgIpc) is 3.25. The van der Waals surface area contributed by atoms with E-state index in [0.717, 1.165) is 12.8 Å². The zero-order valence-electron chi connectivity index (χ0n) is 15.8. The Morgan fingerprint density at radius 2 is 1.83 bits per heavy atom. The molecule has 10 heteroatoms. The number of nitro groups is 1. The Bertz CT molecular complexity index is 1010. The molecule has 1 aliphatic heterocycles. The number of nitro benzene ring substituents is 1. The Morgan fingerprint density at radius 3 is 2.41 bits per heavy atom. The van der Waals surface area contributed by atoms with Gasteiger partial charge in [-0.1, -0.05) is 0 Å². The molecule has 0 spiro atoms. The monoisotopic (exact) mass is 419 g/mol. The summed E-state index contributed by atoms with van der Waals surface area (Å²) in [5.41, 5.74) is 0.379. The first-order valence-corrected chi connectivity index (χ1v) is 10.6. The molecule has 0 atom stereocenters. The molecule has 1 fully saturated rings. The van der Waals surface area contributed by atoms with Crippen LogP contribution in [-0.4, -0.2) is 43.2 Å². The van der Waals surface area contributed by atoms with Crippen LogP contribution in [0.4, 0.5) is 11.4 Å². The van der Waals surface area contributed by atoms with Crippen LogP contribution in [0, 0.1) is 10.1 Å². The zero-order valence-corrected chi connectivity index (χ0v) is 16.6. The minimum Gasteiger partial charge on any atom is -0.492 e. The van der Waals surface area contributed by atoms with E-state index in [4.69, 9.17) is 4.74 Å². The van der Waals surface area contributed by atoms with Crippen LogP contribution < -0.4 is 10.1 Å². The van der Waals surface area contributed by atoms with Crippen LogP contribution in [0.25, 0.3) is 0 Å². The number of nitrogens with one attached hydrogen (secondary N) is 1. The first-order chi connectivity index (χ1) is 13.8. The summed E-state index contributed by atoms with van der Waals surface area (Å²) in [6.45, 7) is 2.97. The number of nitrogens with zero attached hydrogens (tertiary/aromatic N) is 2. The Kier molecular flexibility index (Phi) is 6.14. The van der Waals surface area contributed by atoms with Crippen molar-refractivity contribution in [1.82, 2.24) is 4.31 Å². The first kappa shape index (κ1) is 20.7. The van der Waals surface area contributed by atoms with E-state index < -0.39 is 20.9 Å². The summed E-state index contributed by atoms with van der Waals surface area (Å²) in [6, 6.07) is 9.58. The molecule has 29 heavy (non-hydrogen) atoms. The van der Waals surface area contributed by atoms with Crippen molar-refractivity contribution >= 4 is 27.3 Å². The number of hydrogen-bond acceptors (Lipinski definition) is 6. The van der Waals surface area contributed by atoms with E-state index in [-0.39, 0.29) is 27.6 Å². The summed E-state index contributed by atoms with van der Waals surface area (Å²) in [5, 5.41) is 13.4. The van der Waals surface area contributed by atoms with Gasteiger partial charge in [-0.15, -0.1) is 0 Å². The molecule has 1 aliphatic rings. The molecule has 0 aliphatic carbocycles. The van der Waals surface area contributed by atoms with E-state index in [1.54, 1.807) is 13.0 Å². The third-order valence-electron chi connectivity index (χ3n) is 4.52. The van der Waals surface area contributed by atoms with Crippen LogP contribution in [0.2, 0.25) is 0 Å². The van der Waals surface area contributed by atoms with Gasteiger partial charge in [0.2, 0.25) is 10.0 Å². The highest BCUT2D eigenvalue weighted by Crippen LogP contribution is 2.31. The van der Waals surface area contributed by atoms with Gasteiger partial charge in [-0.2, -0.15) is 4.31 Å². The second-order valence-corrected chi connectivity index (χ2v) is 8.37. The molecule has 2 aromatic carbocycles. The molecule has 1 amide bonds. The van der Waals surface area contributed by atoms with E-state index in [0.29, 0.717) is 19.7 Å². The van der Waals surface area contributed by atoms with Crippen molar-refractivity contribution in [2.75, 3.05) is 25.0 Å². The summed E-state index contributed by atoms with van der Waals surface area (Å²) in [7, 11) is -3.75. The lowest BCUT2D eigenvalue weighted by Crippen LogP contribution is -2.28. The Labute approximate surface area is 168 Å². The number of sulfonamides is 1. The minimum absolute atomic E-state index is 0.00255. The molecule has 2 aromatic rings. The Morgan fingerprint density at radius 1 is 1.17 bits per heavy atom. The normalized spacial score (nSPS) is 14.5. The number of anilines is 1. The third-order valence-corrected chi connectivity index (χ3v) is 6.44. The van der Waals surface area contributed by atoms with Crippen molar-refractivity contribution in [3.05, 3.63) is 58.1 Å². The smallest absolute Gasteiger partial charge is 0.269 e. The minimum atomic E-state index is -3.75. The summed E-state index contributed by atoms with van der Waals surface area (Å²) < 4.78 is 32.9. The molecule has 3 rings (SSSR count). The fraction of sp³-hybridized carbons (Fsp3) is 0.316. The van der Waals surface area contributed by atoms with Gasteiger partial charge in [0.05, 0.1) is 11.5 Å². The van der Waals surface area contributed by atoms with Crippen LogP contribution >= 0.6 is 0 Å². The van der Waals surface area contributed by atoms with Crippen LogP contribution in [0.15, 0.2) is 47.4 Å². The van der Waals surface area contributed by atoms with Crippen molar-refractivity contribution < 1.29 is 22.9 Å². The Hall–Kier alpha value is -2.98. The van der Waals surface area contributed by atoms with Crippen LogP contribution in [0.1, 0.15) is 30.1 Å². The SMILES string of the molecule is CCOc1ccc(NC(=O)c2ccc([N+](=O)[O-])cc2)cc1S(=O)(=O)N1CCCC1. The van der Waals surface area contributed by atoms with E-state index in [2.05, 4.69) is 5.32 Å². The molecule has 154 valence electrons. The highest BCUT2D eigenvalue weighted by Gasteiger charge is 2.30. The number of carbonyl (C=O) groups excluding carboxylic acids is 1. The molecule has 1 saturated heterocycles. The van der Waals surface area contributed by atoms with Gasteiger partial charge in [0, 0.05) is 36.5 Å². The number of benzene rings is 2. The van der Waals surface area contributed by atoms with Crippen molar-refractivity contribution in [3.8, 4) is 5.75 Å². The lowest BCUT2D eigenvalue weighted by atomic mass is 10.2. The number of hydrogen-bond donors (Lipinski definition) is 1. The van der Waals surface area contributed by atoms with E-state index in [1.807, 2.05) is 0 Å². The van der Waals surface area contributed by atoms with Gasteiger partial charge in [-0.25, -0.2) is 8.42 Å².